The summed E-state index contributed by atoms with van der Waals surface area (Å²) in [4.78, 5) is 4.34. The lowest BCUT2D eigenvalue weighted by atomic mass is 10.2. The van der Waals surface area contributed by atoms with E-state index in [0.717, 1.165) is 36.6 Å². The van der Waals surface area contributed by atoms with Gasteiger partial charge >= 0.3 is 0 Å². The van der Waals surface area contributed by atoms with E-state index < -0.39 is 0 Å². The van der Waals surface area contributed by atoms with Gasteiger partial charge in [-0.15, -0.1) is 0 Å². The van der Waals surface area contributed by atoms with Crippen molar-refractivity contribution in [2.24, 2.45) is 0 Å². The van der Waals surface area contributed by atoms with E-state index in [0.29, 0.717) is 0 Å². The number of imidazole rings is 1. The van der Waals surface area contributed by atoms with E-state index in [4.69, 9.17) is 4.42 Å². The van der Waals surface area contributed by atoms with Crippen molar-refractivity contribution in [3.63, 3.8) is 0 Å². The molecule has 0 bridgehead atoms. The minimum absolute atomic E-state index is 0.137. The molecule has 0 amide bonds. The van der Waals surface area contributed by atoms with Crippen molar-refractivity contribution in [2.75, 3.05) is 0 Å². The zero-order valence-corrected chi connectivity index (χ0v) is 9.84. The number of aliphatic hydroxyl groups excluding tert-OH is 1. The lowest BCUT2D eigenvalue weighted by molar-refractivity contribution is 0.137. The Hall–Kier alpha value is -1.55. The predicted molar refractivity (Wildman–Crippen MR) is 63.6 cm³/mol. The number of aromatic nitrogens is 2. The quantitative estimate of drug-likeness (QED) is 0.865. The van der Waals surface area contributed by atoms with Gasteiger partial charge < -0.3 is 14.1 Å². The molecule has 1 aliphatic rings. The zero-order chi connectivity index (χ0) is 11.8. The molecule has 0 unspecified atom stereocenters. The Morgan fingerprint density at radius 2 is 2.29 bits per heavy atom. The van der Waals surface area contributed by atoms with Crippen LogP contribution >= 0.6 is 0 Å². The van der Waals surface area contributed by atoms with Gasteiger partial charge in [0.25, 0.3) is 0 Å². The summed E-state index contributed by atoms with van der Waals surface area (Å²) in [6.45, 7) is 1.92. The Morgan fingerprint density at radius 3 is 2.94 bits per heavy atom. The molecule has 0 aliphatic heterocycles. The molecule has 2 heterocycles. The van der Waals surface area contributed by atoms with E-state index in [1.54, 1.807) is 6.20 Å². The van der Waals surface area contributed by atoms with Gasteiger partial charge in [-0.05, 0) is 38.3 Å². The van der Waals surface area contributed by atoms with E-state index in [1.165, 1.54) is 0 Å². The highest BCUT2D eigenvalue weighted by atomic mass is 16.3. The van der Waals surface area contributed by atoms with Crippen molar-refractivity contribution in [1.29, 1.82) is 0 Å². The summed E-state index contributed by atoms with van der Waals surface area (Å²) in [6, 6.07) is 3.99. The van der Waals surface area contributed by atoms with Gasteiger partial charge in [0, 0.05) is 12.4 Å². The number of hydrogen-bond acceptors (Lipinski definition) is 3. The summed E-state index contributed by atoms with van der Waals surface area (Å²) in [5.74, 6) is 2.46. The number of nitrogens with zero attached hydrogens (tertiary/aromatic N) is 2. The summed E-state index contributed by atoms with van der Waals surface area (Å²) in [5.41, 5.74) is 0. The van der Waals surface area contributed by atoms with Crippen LogP contribution in [0.5, 0.6) is 0 Å². The third kappa shape index (κ3) is 1.78. The Morgan fingerprint density at radius 1 is 1.41 bits per heavy atom. The van der Waals surface area contributed by atoms with E-state index >= 15 is 0 Å². The van der Waals surface area contributed by atoms with Crippen LogP contribution in [0.2, 0.25) is 0 Å². The molecule has 1 fully saturated rings. The molecular weight excluding hydrogens is 216 g/mol. The zero-order valence-electron chi connectivity index (χ0n) is 9.84. The van der Waals surface area contributed by atoms with Crippen LogP contribution in [0, 0.1) is 6.92 Å². The van der Waals surface area contributed by atoms with Gasteiger partial charge in [0.1, 0.15) is 5.76 Å². The van der Waals surface area contributed by atoms with Crippen LogP contribution < -0.4 is 0 Å². The lowest BCUT2D eigenvalue weighted by Crippen LogP contribution is -2.18. The van der Waals surface area contributed by atoms with Crippen LogP contribution in [0.15, 0.2) is 28.9 Å². The first-order valence-corrected chi connectivity index (χ1v) is 6.03. The van der Waals surface area contributed by atoms with Gasteiger partial charge in [-0.2, -0.15) is 0 Å². The molecule has 1 N–H and O–H groups in total. The largest absolute Gasteiger partial charge is 0.458 e. The second-order valence-corrected chi connectivity index (χ2v) is 4.63. The van der Waals surface area contributed by atoms with Crippen molar-refractivity contribution in [1.82, 2.24) is 9.55 Å². The fourth-order valence-electron chi connectivity index (χ4n) is 2.57. The summed E-state index contributed by atoms with van der Waals surface area (Å²) < 4.78 is 7.64. The van der Waals surface area contributed by atoms with Gasteiger partial charge in [0.05, 0.1) is 12.1 Å². The average Bonchev–Trinajstić information content (AvgIpc) is 2.97. The van der Waals surface area contributed by atoms with Crippen LogP contribution in [0.1, 0.15) is 31.1 Å². The highest BCUT2D eigenvalue weighted by Gasteiger charge is 2.28. The first-order valence-electron chi connectivity index (χ1n) is 6.03. The van der Waals surface area contributed by atoms with Gasteiger partial charge in [-0.1, -0.05) is 0 Å². The molecule has 2 atom stereocenters. The maximum Gasteiger partial charge on any atom is 0.176 e. The Bertz CT molecular complexity index is 515. The minimum atomic E-state index is -0.265. The van der Waals surface area contributed by atoms with Crippen LogP contribution in [0.4, 0.5) is 0 Å². The number of rotatable bonds is 2. The molecule has 3 rings (SSSR count). The summed E-state index contributed by atoms with van der Waals surface area (Å²) >= 11 is 0. The van der Waals surface area contributed by atoms with Gasteiger partial charge in [-0.3, -0.25) is 0 Å². The fraction of sp³-hybridized carbons (Fsp3) is 0.462. The van der Waals surface area contributed by atoms with Crippen molar-refractivity contribution in [3.05, 3.63) is 30.3 Å². The fourth-order valence-corrected chi connectivity index (χ4v) is 2.57. The highest BCUT2D eigenvalue weighted by Crippen LogP contribution is 2.33. The molecule has 0 radical (unpaired) electrons. The predicted octanol–water partition coefficient (Wildman–Crippen LogP) is 2.54. The Balaban J connectivity index is 1.99. The minimum Gasteiger partial charge on any atom is -0.458 e. The topological polar surface area (TPSA) is 51.2 Å². The monoisotopic (exact) mass is 232 g/mol. The maximum absolute atomic E-state index is 9.96. The normalized spacial score (nSPS) is 24.4. The second-order valence-electron chi connectivity index (χ2n) is 4.63. The van der Waals surface area contributed by atoms with Gasteiger partial charge in [0.2, 0.25) is 0 Å². The van der Waals surface area contributed by atoms with Gasteiger partial charge in [-0.25, -0.2) is 4.98 Å². The number of aryl methyl sites for hydroxylation is 1. The Kier molecular flexibility index (Phi) is 2.52. The number of furan rings is 1. The van der Waals surface area contributed by atoms with Gasteiger partial charge in [0.15, 0.2) is 11.6 Å². The first kappa shape index (κ1) is 10.6. The third-order valence-electron chi connectivity index (χ3n) is 3.43. The molecule has 90 valence electrons. The third-order valence-corrected chi connectivity index (χ3v) is 3.43. The van der Waals surface area contributed by atoms with Crippen LogP contribution in [0.25, 0.3) is 11.6 Å². The van der Waals surface area contributed by atoms with Crippen LogP contribution in [-0.4, -0.2) is 20.8 Å². The smallest absolute Gasteiger partial charge is 0.176 e. The lowest BCUT2D eigenvalue weighted by Gasteiger charge is -2.18. The first-order chi connectivity index (χ1) is 8.25. The molecular formula is C13H16N2O2. The molecule has 1 aliphatic carbocycles. The van der Waals surface area contributed by atoms with E-state index in [1.807, 2.05) is 29.8 Å². The van der Waals surface area contributed by atoms with E-state index in [2.05, 4.69) is 4.98 Å². The number of aliphatic hydroxyl groups is 1. The standard InChI is InChI=1S/C13H16N2O2/c1-9-5-6-12(17-9)13-14-7-8-15(13)10-3-2-4-11(10)16/h5-8,10-11,16H,2-4H2,1H3/t10-,11-/m0/s1. The van der Waals surface area contributed by atoms with Crippen LogP contribution in [-0.2, 0) is 0 Å². The highest BCUT2D eigenvalue weighted by molar-refractivity contribution is 5.48. The second kappa shape index (κ2) is 4.04. The SMILES string of the molecule is Cc1ccc(-c2nccn2[C@H]2CCC[C@@H]2O)o1. The molecule has 2 aromatic rings. The summed E-state index contributed by atoms with van der Waals surface area (Å²) in [6.07, 6.45) is 6.37. The summed E-state index contributed by atoms with van der Waals surface area (Å²) in [7, 11) is 0. The van der Waals surface area contributed by atoms with E-state index in [-0.39, 0.29) is 12.1 Å². The Labute approximate surface area is 99.9 Å². The summed E-state index contributed by atoms with van der Waals surface area (Å²) in [5, 5.41) is 9.96. The average molecular weight is 232 g/mol. The molecule has 17 heavy (non-hydrogen) atoms. The van der Waals surface area contributed by atoms with Crippen molar-refractivity contribution < 1.29 is 9.52 Å². The molecule has 0 aromatic carbocycles. The molecule has 4 heteroatoms. The van der Waals surface area contributed by atoms with Crippen molar-refractivity contribution in [3.8, 4) is 11.6 Å². The molecule has 0 spiro atoms. The molecule has 0 saturated heterocycles. The maximum atomic E-state index is 9.96. The van der Waals surface area contributed by atoms with Crippen molar-refractivity contribution >= 4 is 0 Å². The molecule has 4 nitrogen and oxygen atoms in total. The molecule has 2 aromatic heterocycles. The molecule has 1 saturated carbocycles. The van der Waals surface area contributed by atoms with E-state index in [9.17, 15) is 5.11 Å². The van der Waals surface area contributed by atoms with Crippen LogP contribution in [0.3, 0.4) is 0 Å². The number of hydrogen-bond donors (Lipinski definition) is 1. The van der Waals surface area contributed by atoms with Crippen molar-refractivity contribution in [2.45, 2.75) is 38.3 Å².